The number of carbonyl (C=O) groups is 1. The third-order valence-corrected chi connectivity index (χ3v) is 6.30. The lowest BCUT2D eigenvalue weighted by Gasteiger charge is -2.31. The summed E-state index contributed by atoms with van der Waals surface area (Å²) in [5.41, 5.74) is 1.60. The maximum Gasteiger partial charge on any atom is 0.266 e. The number of hydrogen-bond donors (Lipinski definition) is 0. The number of benzene rings is 3. The van der Waals surface area contributed by atoms with Crippen molar-refractivity contribution in [1.82, 2.24) is 14.5 Å². The molecule has 6 heteroatoms. The topological polar surface area (TPSA) is 55.2 Å². The molecule has 1 amide bonds. The van der Waals surface area contributed by atoms with Crippen molar-refractivity contribution in [2.24, 2.45) is 5.92 Å². The van der Waals surface area contributed by atoms with E-state index >= 15 is 0 Å². The van der Waals surface area contributed by atoms with Crippen LogP contribution in [0.2, 0.25) is 5.02 Å². The van der Waals surface area contributed by atoms with Gasteiger partial charge in [0.1, 0.15) is 5.82 Å². The van der Waals surface area contributed by atoms with Crippen molar-refractivity contribution in [3.63, 3.8) is 0 Å². The predicted octanol–water partition coefficient (Wildman–Crippen LogP) is 6.29. The molecule has 34 heavy (non-hydrogen) atoms. The number of halogens is 1. The summed E-state index contributed by atoms with van der Waals surface area (Å²) >= 11 is 6.39. The van der Waals surface area contributed by atoms with Crippen LogP contribution in [0.3, 0.4) is 0 Å². The van der Waals surface area contributed by atoms with Crippen molar-refractivity contribution in [2.75, 3.05) is 6.54 Å². The molecule has 1 aromatic heterocycles. The van der Waals surface area contributed by atoms with E-state index < -0.39 is 6.04 Å². The number of amides is 1. The zero-order chi connectivity index (χ0) is 24.2. The molecule has 4 aromatic rings. The Morgan fingerprint density at radius 1 is 0.941 bits per heavy atom. The molecule has 1 atom stereocenters. The highest BCUT2D eigenvalue weighted by Crippen LogP contribution is 2.27. The molecule has 0 aliphatic carbocycles. The minimum atomic E-state index is -0.472. The van der Waals surface area contributed by atoms with Gasteiger partial charge >= 0.3 is 0 Å². The van der Waals surface area contributed by atoms with Crippen LogP contribution >= 0.6 is 11.6 Å². The summed E-state index contributed by atoms with van der Waals surface area (Å²) in [5, 5.41) is 0.939. The van der Waals surface area contributed by atoms with Crippen LogP contribution in [0.5, 0.6) is 0 Å². The first-order valence-corrected chi connectivity index (χ1v) is 11.9. The summed E-state index contributed by atoms with van der Waals surface area (Å²) in [4.78, 5) is 34.0. The van der Waals surface area contributed by atoms with Crippen LogP contribution in [0, 0.1) is 5.92 Å². The van der Waals surface area contributed by atoms with E-state index in [1.807, 2.05) is 55.5 Å². The molecule has 0 spiro atoms. The van der Waals surface area contributed by atoms with E-state index in [2.05, 4.69) is 13.8 Å². The summed E-state index contributed by atoms with van der Waals surface area (Å²) in [6.45, 7) is 6.68. The van der Waals surface area contributed by atoms with E-state index in [0.717, 1.165) is 6.42 Å². The number of para-hydroxylation sites is 2. The lowest BCUT2D eigenvalue weighted by molar-refractivity contribution is 0.0671. The van der Waals surface area contributed by atoms with Gasteiger partial charge in [0.25, 0.3) is 11.5 Å². The molecule has 0 fully saturated rings. The second-order valence-electron chi connectivity index (χ2n) is 8.80. The molecular weight excluding hydrogens is 446 g/mol. The summed E-state index contributed by atoms with van der Waals surface area (Å²) in [6, 6.07) is 23.3. The highest BCUT2D eigenvalue weighted by Gasteiger charge is 2.28. The molecule has 0 saturated heterocycles. The van der Waals surface area contributed by atoms with Gasteiger partial charge in [0.15, 0.2) is 0 Å². The highest BCUT2D eigenvalue weighted by atomic mass is 35.5. The Hall–Kier alpha value is -3.44. The van der Waals surface area contributed by atoms with Crippen molar-refractivity contribution in [3.8, 4) is 5.69 Å². The van der Waals surface area contributed by atoms with Gasteiger partial charge in [0, 0.05) is 6.54 Å². The van der Waals surface area contributed by atoms with Gasteiger partial charge < -0.3 is 4.90 Å². The SMILES string of the molecule is CC(C)CCN(C(=O)c1ccccc1Cl)C(C)c1nc2ccccc2c(=O)n1-c1ccccc1. The molecule has 0 bridgehead atoms. The van der Waals surface area contributed by atoms with Crippen molar-refractivity contribution >= 4 is 28.4 Å². The maximum absolute atomic E-state index is 13.7. The molecule has 3 aromatic carbocycles. The molecule has 4 rings (SSSR count). The van der Waals surface area contributed by atoms with E-state index in [-0.39, 0.29) is 11.5 Å². The van der Waals surface area contributed by atoms with E-state index in [1.54, 1.807) is 39.8 Å². The number of rotatable bonds is 7. The minimum Gasteiger partial charge on any atom is -0.329 e. The fourth-order valence-corrected chi connectivity index (χ4v) is 4.27. The van der Waals surface area contributed by atoms with Crippen molar-refractivity contribution in [2.45, 2.75) is 33.2 Å². The van der Waals surface area contributed by atoms with Gasteiger partial charge in [-0.3, -0.25) is 14.2 Å². The van der Waals surface area contributed by atoms with Crippen molar-refractivity contribution < 1.29 is 4.79 Å². The van der Waals surface area contributed by atoms with E-state index in [4.69, 9.17) is 16.6 Å². The first-order chi connectivity index (χ1) is 16.4. The Bertz CT molecular complexity index is 1370. The Kier molecular flexibility index (Phi) is 7.13. The monoisotopic (exact) mass is 473 g/mol. The van der Waals surface area contributed by atoms with Gasteiger partial charge in [-0.1, -0.05) is 67.9 Å². The molecule has 0 aliphatic rings. The van der Waals surface area contributed by atoms with Gasteiger partial charge in [-0.25, -0.2) is 4.98 Å². The number of fused-ring (bicyclic) bond motifs is 1. The van der Waals surface area contributed by atoms with Crippen LogP contribution in [-0.2, 0) is 0 Å². The highest BCUT2D eigenvalue weighted by molar-refractivity contribution is 6.33. The zero-order valence-corrected chi connectivity index (χ0v) is 20.4. The van der Waals surface area contributed by atoms with E-state index in [1.165, 1.54) is 0 Å². The molecule has 1 unspecified atom stereocenters. The average molecular weight is 474 g/mol. The smallest absolute Gasteiger partial charge is 0.266 e. The summed E-state index contributed by atoms with van der Waals surface area (Å²) in [7, 11) is 0. The normalized spacial score (nSPS) is 12.1. The van der Waals surface area contributed by atoms with Crippen molar-refractivity contribution in [1.29, 1.82) is 0 Å². The first-order valence-electron chi connectivity index (χ1n) is 11.5. The van der Waals surface area contributed by atoms with Crippen LogP contribution < -0.4 is 5.56 Å². The molecule has 0 saturated carbocycles. The molecule has 5 nitrogen and oxygen atoms in total. The van der Waals surface area contributed by atoms with Crippen LogP contribution in [0.15, 0.2) is 83.7 Å². The maximum atomic E-state index is 13.7. The lowest BCUT2D eigenvalue weighted by atomic mass is 10.1. The van der Waals surface area contributed by atoms with Crippen LogP contribution in [-0.4, -0.2) is 26.9 Å². The largest absolute Gasteiger partial charge is 0.329 e. The second kappa shape index (κ2) is 10.2. The second-order valence-corrected chi connectivity index (χ2v) is 9.21. The number of aromatic nitrogens is 2. The van der Waals surface area contributed by atoms with Crippen molar-refractivity contribution in [3.05, 3.63) is 106 Å². The molecule has 174 valence electrons. The van der Waals surface area contributed by atoms with Gasteiger partial charge in [0.05, 0.1) is 33.2 Å². The third kappa shape index (κ3) is 4.75. The fraction of sp³-hybridized carbons (Fsp3) is 0.250. The Morgan fingerprint density at radius 3 is 2.29 bits per heavy atom. The molecule has 0 N–H and O–H groups in total. The third-order valence-electron chi connectivity index (χ3n) is 5.97. The fourth-order valence-electron chi connectivity index (χ4n) is 4.05. The quantitative estimate of drug-likeness (QED) is 0.317. The molecular formula is C28H28ClN3O2. The summed E-state index contributed by atoms with van der Waals surface area (Å²) in [5.74, 6) is 0.731. The number of carbonyl (C=O) groups excluding carboxylic acids is 1. The Balaban J connectivity index is 1.90. The Labute approximate surface area is 204 Å². The Morgan fingerprint density at radius 2 is 1.59 bits per heavy atom. The first kappa shape index (κ1) is 23.7. The summed E-state index contributed by atoms with van der Waals surface area (Å²) in [6.07, 6.45) is 0.809. The van der Waals surface area contributed by atoms with Crippen LogP contribution in [0.25, 0.3) is 16.6 Å². The average Bonchev–Trinajstić information content (AvgIpc) is 2.84. The molecule has 1 heterocycles. The van der Waals surface area contributed by atoms with E-state index in [9.17, 15) is 9.59 Å². The zero-order valence-electron chi connectivity index (χ0n) is 19.6. The van der Waals surface area contributed by atoms with Gasteiger partial charge in [0.2, 0.25) is 0 Å². The van der Waals surface area contributed by atoms with Crippen LogP contribution in [0.1, 0.15) is 49.4 Å². The summed E-state index contributed by atoms with van der Waals surface area (Å²) < 4.78 is 1.62. The van der Waals surface area contributed by atoms with Crippen LogP contribution in [0.4, 0.5) is 0 Å². The minimum absolute atomic E-state index is 0.160. The van der Waals surface area contributed by atoms with Gasteiger partial charge in [-0.15, -0.1) is 0 Å². The van der Waals surface area contributed by atoms with Gasteiger partial charge in [-0.05, 0) is 55.7 Å². The predicted molar refractivity (Wildman–Crippen MR) is 138 cm³/mol. The standard InChI is InChI=1S/C28H28ClN3O2/c1-19(2)17-18-31(27(33)22-13-7-9-15-24(22)29)20(3)26-30-25-16-10-8-14-23(25)28(34)32(26)21-11-5-4-6-12-21/h4-16,19-20H,17-18H2,1-3H3. The van der Waals surface area contributed by atoms with E-state index in [0.29, 0.717) is 45.5 Å². The number of nitrogens with zero attached hydrogens (tertiary/aromatic N) is 3. The lowest BCUT2D eigenvalue weighted by Crippen LogP contribution is -2.38. The molecule has 0 aliphatic heterocycles. The molecule has 0 radical (unpaired) electrons. The number of hydrogen-bond acceptors (Lipinski definition) is 3. The van der Waals surface area contributed by atoms with Gasteiger partial charge in [-0.2, -0.15) is 0 Å².